The fourth-order valence-electron chi connectivity index (χ4n) is 2.12. The molecule has 0 spiro atoms. The summed E-state index contributed by atoms with van der Waals surface area (Å²) in [4.78, 5) is 21.8. The van der Waals surface area contributed by atoms with Gasteiger partial charge in [-0.15, -0.1) is 0 Å². The highest BCUT2D eigenvalue weighted by Crippen LogP contribution is 2.31. The van der Waals surface area contributed by atoms with Crippen LogP contribution in [0.2, 0.25) is 0 Å². The minimum absolute atomic E-state index is 0.0271. The van der Waals surface area contributed by atoms with Crippen LogP contribution in [0.5, 0.6) is 5.75 Å². The highest BCUT2D eigenvalue weighted by atomic mass is 16.6. The second kappa shape index (κ2) is 7.11. The molecule has 0 amide bonds. The Balaban J connectivity index is 2.37. The van der Waals surface area contributed by atoms with E-state index in [1.807, 2.05) is 6.07 Å². The Hall–Kier alpha value is -3.60. The molecule has 0 aliphatic heterocycles. The fourth-order valence-corrected chi connectivity index (χ4v) is 2.12. The Morgan fingerprint density at radius 3 is 2.46 bits per heavy atom. The maximum Gasteiger partial charge on any atom is 0.311 e. The van der Waals surface area contributed by atoms with Crippen LogP contribution in [0, 0.1) is 21.4 Å². The number of aliphatic carboxylic acids is 1. The molecule has 0 radical (unpaired) electrons. The maximum absolute atomic E-state index is 11.4. The van der Waals surface area contributed by atoms with Crippen LogP contribution >= 0.6 is 0 Å². The van der Waals surface area contributed by atoms with Crippen molar-refractivity contribution in [2.45, 2.75) is 6.04 Å². The molecule has 0 fully saturated rings. The molecule has 0 bridgehead atoms. The molecule has 0 heterocycles. The maximum atomic E-state index is 11.4. The number of ether oxygens (including phenoxy) is 1. The lowest BCUT2D eigenvalue weighted by atomic mass is 10.0. The van der Waals surface area contributed by atoms with Crippen LogP contribution in [-0.4, -0.2) is 18.0 Å². The van der Waals surface area contributed by atoms with Gasteiger partial charge < -0.3 is 20.0 Å². The summed E-state index contributed by atoms with van der Waals surface area (Å²) in [5.74, 6) is -1.42. The van der Waals surface area contributed by atoms with E-state index in [9.17, 15) is 20.0 Å². The summed E-state index contributed by atoms with van der Waals surface area (Å²) >= 11 is 0. The normalized spacial score (nSPS) is 11.2. The highest BCUT2D eigenvalue weighted by Gasteiger charge is 2.20. The van der Waals surface area contributed by atoms with Crippen LogP contribution in [0.3, 0.4) is 0 Å². The molecule has 2 rings (SSSR count). The lowest BCUT2D eigenvalue weighted by molar-refractivity contribution is -0.385. The fraction of sp³-hybridized carbons (Fsp3) is 0.125. The largest absolute Gasteiger partial charge is 0.548 e. The smallest absolute Gasteiger partial charge is 0.311 e. The van der Waals surface area contributed by atoms with Crippen molar-refractivity contribution in [3.63, 3.8) is 0 Å². The lowest BCUT2D eigenvalue weighted by Gasteiger charge is -2.21. The standard InChI is InChI=1S/C16H13N3O5/c1-24-14-7-4-11(8-13(14)19(22)23)15(16(20)21)18-12-5-2-10(9-17)3-6-12/h2-8,15,18H,1H3,(H,20,21)/p-1. The molecular formula is C16H12N3O5-. The van der Waals surface area contributed by atoms with Gasteiger partial charge in [-0.2, -0.15) is 5.26 Å². The summed E-state index contributed by atoms with van der Waals surface area (Å²) in [7, 11) is 1.28. The molecule has 0 saturated carbocycles. The number of methoxy groups -OCH3 is 1. The molecule has 2 aromatic carbocycles. The second-order valence-electron chi connectivity index (χ2n) is 4.77. The number of nitrogens with one attached hydrogen (secondary N) is 1. The zero-order chi connectivity index (χ0) is 17.7. The predicted molar refractivity (Wildman–Crippen MR) is 82.2 cm³/mol. The number of hydrogen-bond donors (Lipinski definition) is 1. The van der Waals surface area contributed by atoms with E-state index in [1.165, 1.54) is 43.5 Å². The van der Waals surface area contributed by atoms with Gasteiger partial charge in [0.15, 0.2) is 5.75 Å². The first-order chi connectivity index (χ1) is 11.5. The Morgan fingerprint density at radius 2 is 1.96 bits per heavy atom. The summed E-state index contributed by atoms with van der Waals surface area (Å²) < 4.78 is 4.89. The first-order valence-corrected chi connectivity index (χ1v) is 6.76. The lowest BCUT2D eigenvalue weighted by Crippen LogP contribution is -2.34. The van der Waals surface area contributed by atoms with Gasteiger partial charge >= 0.3 is 5.69 Å². The molecule has 1 unspecified atom stereocenters. The van der Waals surface area contributed by atoms with Gasteiger partial charge in [-0.25, -0.2) is 0 Å². The Morgan fingerprint density at radius 1 is 1.29 bits per heavy atom. The number of nitrogens with zero attached hydrogens (tertiary/aromatic N) is 2. The third-order valence-corrected chi connectivity index (χ3v) is 3.29. The molecule has 2 aromatic rings. The summed E-state index contributed by atoms with van der Waals surface area (Å²) in [6.45, 7) is 0. The van der Waals surface area contributed by atoms with Crippen molar-refractivity contribution >= 4 is 17.3 Å². The van der Waals surface area contributed by atoms with Gasteiger partial charge in [0.05, 0.1) is 35.7 Å². The van der Waals surface area contributed by atoms with E-state index in [0.29, 0.717) is 11.3 Å². The number of carbonyl (C=O) groups excluding carboxylic acids is 1. The van der Waals surface area contributed by atoms with Gasteiger partial charge in [0.2, 0.25) is 0 Å². The summed E-state index contributed by atoms with van der Waals surface area (Å²) in [5.41, 5.74) is 0.655. The van der Waals surface area contributed by atoms with Crippen LogP contribution in [0.15, 0.2) is 42.5 Å². The third-order valence-electron chi connectivity index (χ3n) is 3.29. The summed E-state index contributed by atoms with van der Waals surface area (Å²) in [6.07, 6.45) is 0. The average Bonchev–Trinajstić information content (AvgIpc) is 2.59. The van der Waals surface area contributed by atoms with E-state index < -0.39 is 16.9 Å². The average molecular weight is 326 g/mol. The van der Waals surface area contributed by atoms with Gasteiger partial charge in [-0.05, 0) is 35.9 Å². The Bertz CT molecular complexity index is 811. The molecule has 0 aliphatic rings. The SMILES string of the molecule is COc1ccc(C(Nc2ccc(C#N)cc2)C(=O)[O-])cc1[N+](=O)[O-]. The van der Waals surface area contributed by atoms with Crippen molar-refractivity contribution in [1.29, 1.82) is 5.26 Å². The second-order valence-corrected chi connectivity index (χ2v) is 4.77. The minimum atomic E-state index is -1.45. The number of rotatable bonds is 6. The zero-order valence-electron chi connectivity index (χ0n) is 12.6. The Labute approximate surface area is 137 Å². The number of nitro benzene ring substituents is 1. The van der Waals surface area contributed by atoms with Crippen molar-refractivity contribution in [1.82, 2.24) is 0 Å². The molecule has 0 saturated heterocycles. The Kier molecular flexibility index (Phi) is 4.96. The van der Waals surface area contributed by atoms with Gasteiger partial charge in [0.1, 0.15) is 0 Å². The van der Waals surface area contributed by atoms with Crippen molar-refractivity contribution in [3.05, 3.63) is 63.7 Å². The van der Waals surface area contributed by atoms with E-state index in [2.05, 4.69) is 5.32 Å². The van der Waals surface area contributed by atoms with E-state index in [4.69, 9.17) is 10.00 Å². The number of benzene rings is 2. The number of carbonyl (C=O) groups is 1. The number of hydrogen-bond acceptors (Lipinski definition) is 7. The van der Waals surface area contributed by atoms with Gasteiger partial charge in [0.25, 0.3) is 0 Å². The van der Waals surface area contributed by atoms with Gasteiger partial charge in [-0.1, -0.05) is 6.07 Å². The molecule has 24 heavy (non-hydrogen) atoms. The van der Waals surface area contributed by atoms with Crippen LogP contribution in [-0.2, 0) is 4.79 Å². The monoisotopic (exact) mass is 326 g/mol. The van der Waals surface area contributed by atoms with Gasteiger partial charge in [0, 0.05) is 11.8 Å². The number of anilines is 1. The van der Waals surface area contributed by atoms with Gasteiger partial charge in [-0.3, -0.25) is 10.1 Å². The molecule has 0 aliphatic carbocycles. The van der Waals surface area contributed by atoms with Crippen LogP contribution < -0.4 is 15.2 Å². The van der Waals surface area contributed by atoms with E-state index in [-0.39, 0.29) is 17.0 Å². The zero-order valence-corrected chi connectivity index (χ0v) is 12.6. The summed E-state index contributed by atoms with van der Waals surface area (Å²) in [6, 6.07) is 10.6. The van der Waals surface area contributed by atoms with Crippen molar-refractivity contribution in [3.8, 4) is 11.8 Å². The predicted octanol–water partition coefficient (Wildman–Crippen LogP) is 1.38. The van der Waals surface area contributed by atoms with Crippen molar-refractivity contribution < 1.29 is 19.6 Å². The molecule has 122 valence electrons. The van der Waals surface area contributed by atoms with Crippen molar-refractivity contribution in [2.75, 3.05) is 12.4 Å². The quantitative estimate of drug-likeness (QED) is 0.627. The third kappa shape index (κ3) is 3.59. The first kappa shape index (κ1) is 16.8. The molecule has 1 N–H and O–H groups in total. The number of carboxylic acids is 1. The van der Waals surface area contributed by atoms with E-state index in [0.717, 1.165) is 6.07 Å². The van der Waals surface area contributed by atoms with E-state index >= 15 is 0 Å². The molecule has 8 nitrogen and oxygen atoms in total. The van der Waals surface area contributed by atoms with Crippen LogP contribution in [0.4, 0.5) is 11.4 Å². The minimum Gasteiger partial charge on any atom is -0.548 e. The molecule has 8 heteroatoms. The number of carboxylic acid groups (broad SMARTS) is 1. The highest BCUT2D eigenvalue weighted by molar-refractivity contribution is 5.78. The topological polar surface area (TPSA) is 128 Å². The van der Waals surface area contributed by atoms with Crippen LogP contribution in [0.25, 0.3) is 0 Å². The van der Waals surface area contributed by atoms with Crippen molar-refractivity contribution in [2.24, 2.45) is 0 Å². The van der Waals surface area contributed by atoms with E-state index in [1.54, 1.807) is 0 Å². The first-order valence-electron chi connectivity index (χ1n) is 6.76. The number of nitriles is 1. The van der Waals surface area contributed by atoms with Crippen LogP contribution in [0.1, 0.15) is 17.2 Å². The molecule has 1 atom stereocenters. The molecule has 0 aromatic heterocycles. The summed E-state index contributed by atoms with van der Waals surface area (Å²) in [5, 5.41) is 34.0. The number of nitro groups is 1. The molecular weight excluding hydrogens is 314 g/mol.